The maximum atomic E-state index is 12.4. The first-order valence-corrected chi connectivity index (χ1v) is 10.8. The first kappa shape index (κ1) is 21.2. The number of hydrogen-bond donors (Lipinski definition) is 0. The highest BCUT2D eigenvalue weighted by molar-refractivity contribution is 7.99. The monoisotopic (exact) mass is 410 g/mol. The predicted molar refractivity (Wildman–Crippen MR) is 119 cm³/mol. The third-order valence-electron chi connectivity index (χ3n) is 4.93. The molecule has 0 N–H and O–H groups in total. The van der Waals surface area contributed by atoms with E-state index in [0.717, 1.165) is 46.9 Å². The van der Waals surface area contributed by atoms with Crippen LogP contribution < -0.4 is 9.47 Å². The second-order valence-electron chi connectivity index (χ2n) is 7.27. The maximum Gasteiger partial charge on any atom is 0.338 e. The van der Waals surface area contributed by atoms with Crippen molar-refractivity contribution in [2.75, 3.05) is 5.75 Å². The normalized spacial score (nSPS) is 15.5. The molecule has 1 aliphatic rings. The highest BCUT2D eigenvalue weighted by atomic mass is 32.2. The number of carbonyl (C=O) groups is 2. The summed E-state index contributed by atoms with van der Waals surface area (Å²) in [7, 11) is 0. The first-order valence-electron chi connectivity index (χ1n) is 9.79. The fourth-order valence-corrected chi connectivity index (χ4v) is 4.75. The van der Waals surface area contributed by atoms with E-state index in [2.05, 4.69) is 20.1 Å². The van der Waals surface area contributed by atoms with Crippen LogP contribution in [0.15, 0.2) is 48.6 Å². The fourth-order valence-electron chi connectivity index (χ4n) is 3.60. The Balaban J connectivity index is 2.32. The van der Waals surface area contributed by atoms with Crippen LogP contribution >= 0.6 is 11.8 Å². The average molecular weight is 411 g/mol. The Morgan fingerprint density at radius 1 is 1.03 bits per heavy atom. The number of thioether (sulfide) groups is 1. The molecule has 4 nitrogen and oxygen atoms in total. The van der Waals surface area contributed by atoms with Crippen LogP contribution in [0.25, 0.3) is 10.8 Å². The van der Waals surface area contributed by atoms with Crippen molar-refractivity contribution in [3.8, 4) is 11.5 Å². The van der Waals surface area contributed by atoms with Crippen molar-refractivity contribution in [1.29, 1.82) is 0 Å². The highest BCUT2D eigenvalue weighted by Gasteiger charge is 2.32. The molecule has 0 saturated carbocycles. The van der Waals surface area contributed by atoms with Gasteiger partial charge in [0.05, 0.1) is 0 Å². The Morgan fingerprint density at radius 3 is 2.14 bits per heavy atom. The van der Waals surface area contributed by atoms with Crippen LogP contribution in [0.5, 0.6) is 11.5 Å². The molecule has 1 unspecified atom stereocenters. The van der Waals surface area contributed by atoms with E-state index < -0.39 is 11.9 Å². The van der Waals surface area contributed by atoms with Gasteiger partial charge in [-0.1, -0.05) is 44.3 Å². The van der Waals surface area contributed by atoms with E-state index in [-0.39, 0.29) is 5.25 Å². The summed E-state index contributed by atoms with van der Waals surface area (Å²) in [5.74, 6) is 1.15. The third kappa shape index (κ3) is 4.25. The fraction of sp³-hybridized carbons (Fsp3) is 0.333. The summed E-state index contributed by atoms with van der Waals surface area (Å²) >= 11 is 1.82. The molecular weight excluding hydrogens is 384 g/mol. The molecule has 0 aliphatic heterocycles. The summed E-state index contributed by atoms with van der Waals surface area (Å²) in [5, 5.41) is 1.69. The Labute approximate surface area is 176 Å². The van der Waals surface area contributed by atoms with E-state index in [9.17, 15) is 9.59 Å². The van der Waals surface area contributed by atoms with Crippen molar-refractivity contribution in [2.24, 2.45) is 0 Å². The molecule has 0 amide bonds. The average Bonchev–Trinajstić information content (AvgIpc) is 2.70. The lowest BCUT2D eigenvalue weighted by atomic mass is 9.86. The Hall–Kier alpha value is -2.53. The zero-order valence-electron chi connectivity index (χ0n) is 17.2. The van der Waals surface area contributed by atoms with Gasteiger partial charge in [0.2, 0.25) is 0 Å². The number of benzene rings is 2. The number of esters is 2. The van der Waals surface area contributed by atoms with Crippen LogP contribution in [0.4, 0.5) is 0 Å². The maximum absolute atomic E-state index is 12.4. The standard InChI is InChI=1S/C24H26O4S/c1-6-29-19-13-9-12-18-20(19)22(28-24(26)15(4)5)17-11-8-7-10-16(17)21(18)27-23(25)14(2)3/h7-8,10-11,19H,2,4,6,9,12-13H2,1,3,5H3. The minimum atomic E-state index is -0.450. The molecule has 0 saturated heterocycles. The third-order valence-corrected chi connectivity index (χ3v) is 6.14. The lowest BCUT2D eigenvalue weighted by molar-refractivity contribution is -0.131. The van der Waals surface area contributed by atoms with Gasteiger partial charge in [-0.15, -0.1) is 0 Å². The number of rotatable bonds is 6. The smallest absolute Gasteiger partial charge is 0.338 e. The molecule has 3 rings (SSSR count). The van der Waals surface area contributed by atoms with E-state index in [1.165, 1.54) is 0 Å². The predicted octanol–water partition coefficient (Wildman–Crippen LogP) is 5.93. The summed E-state index contributed by atoms with van der Waals surface area (Å²) in [6.45, 7) is 12.8. The van der Waals surface area contributed by atoms with Gasteiger partial charge in [-0.05, 0) is 38.9 Å². The Bertz CT molecular complexity index is 1010. The lowest BCUT2D eigenvalue weighted by Crippen LogP contribution is -2.18. The minimum Gasteiger partial charge on any atom is -0.422 e. The Morgan fingerprint density at radius 2 is 1.59 bits per heavy atom. The van der Waals surface area contributed by atoms with Gasteiger partial charge in [-0.3, -0.25) is 0 Å². The molecule has 0 heterocycles. The van der Waals surface area contributed by atoms with Crippen LogP contribution in [0.1, 0.15) is 50.0 Å². The first-order chi connectivity index (χ1) is 13.8. The summed E-state index contributed by atoms with van der Waals surface area (Å²) in [6, 6.07) is 7.57. The number of carbonyl (C=O) groups excluding carboxylic acids is 2. The van der Waals surface area contributed by atoms with Crippen molar-refractivity contribution in [3.63, 3.8) is 0 Å². The summed E-state index contributed by atoms with van der Waals surface area (Å²) in [4.78, 5) is 24.8. The van der Waals surface area contributed by atoms with E-state index >= 15 is 0 Å². The molecule has 2 aromatic rings. The van der Waals surface area contributed by atoms with E-state index in [4.69, 9.17) is 9.47 Å². The van der Waals surface area contributed by atoms with Crippen LogP contribution in [0.2, 0.25) is 0 Å². The summed E-state index contributed by atoms with van der Waals surface area (Å²) in [5.41, 5.74) is 2.59. The quantitative estimate of drug-likeness (QED) is 0.335. The zero-order chi connectivity index (χ0) is 21.1. The lowest BCUT2D eigenvalue weighted by Gasteiger charge is -2.30. The van der Waals surface area contributed by atoms with Gasteiger partial charge in [-0.2, -0.15) is 11.8 Å². The van der Waals surface area contributed by atoms with Gasteiger partial charge in [0.25, 0.3) is 0 Å². The molecular formula is C24H26O4S. The topological polar surface area (TPSA) is 52.6 Å². The second-order valence-corrected chi connectivity index (χ2v) is 8.75. The van der Waals surface area contributed by atoms with Gasteiger partial charge >= 0.3 is 11.9 Å². The van der Waals surface area contributed by atoms with Crippen molar-refractivity contribution in [2.45, 2.75) is 45.3 Å². The largest absolute Gasteiger partial charge is 0.422 e. The molecule has 5 heteroatoms. The van der Waals surface area contributed by atoms with Gasteiger partial charge in [-0.25, -0.2) is 9.59 Å². The minimum absolute atomic E-state index is 0.170. The second kappa shape index (κ2) is 8.87. The molecule has 2 aromatic carbocycles. The van der Waals surface area contributed by atoms with Crippen molar-refractivity contribution in [1.82, 2.24) is 0 Å². The zero-order valence-corrected chi connectivity index (χ0v) is 18.0. The van der Waals surface area contributed by atoms with E-state index in [1.807, 2.05) is 36.0 Å². The molecule has 0 aromatic heterocycles. The number of fused-ring (bicyclic) bond motifs is 2. The molecule has 0 bridgehead atoms. The molecule has 1 aliphatic carbocycles. The SMILES string of the molecule is C=C(C)C(=O)Oc1c2c(c(OC(=O)C(=C)C)c3ccccc13)C(SCC)CCC2. The van der Waals surface area contributed by atoms with Crippen molar-refractivity contribution < 1.29 is 19.1 Å². The number of ether oxygens (including phenoxy) is 2. The Kier molecular flexibility index (Phi) is 6.48. The van der Waals surface area contributed by atoms with Crippen LogP contribution in [-0.2, 0) is 16.0 Å². The molecule has 1 atom stereocenters. The number of hydrogen-bond acceptors (Lipinski definition) is 5. The van der Waals surface area contributed by atoms with Crippen LogP contribution in [-0.4, -0.2) is 17.7 Å². The van der Waals surface area contributed by atoms with E-state index in [1.54, 1.807) is 13.8 Å². The van der Waals surface area contributed by atoms with Gasteiger partial charge in [0.1, 0.15) is 11.5 Å². The summed E-state index contributed by atoms with van der Waals surface area (Å²) in [6.07, 6.45) is 2.72. The van der Waals surface area contributed by atoms with Gasteiger partial charge in [0, 0.05) is 38.3 Å². The molecule has 0 radical (unpaired) electrons. The highest BCUT2D eigenvalue weighted by Crippen LogP contribution is 2.51. The van der Waals surface area contributed by atoms with Gasteiger partial charge < -0.3 is 9.47 Å². The molecule has 0 spiro atoms. The van der Waals surface area contributed by atoms with Crippen molar-refractivity contribution >= 4 is 34.5 Å². The molecule has 29 heavy (non-hydrogen) atoms. The molecule has 0 fully saturated rings. The molecule has 152 valence electrons. The van der Waals surface area contributed by atoms with Gasteiger partial charge in [0.15, 0.2) is 0 Å². The van der Waals surface area contributed by atoms with E-state index in [0.29, 0.717) is 22.6 Å². The van der Waals surface area contributed by atoms with Crippen LogP contribution in [0.3, 0.4) is 0 Å². The van der Waals surface area contributed by atoms with Crippen LogP contribution in [0, 0.1) is 0 Å². The summed E-state index contributed by atoms with van der Waals surface area (Å²) < 4.78 is 11.7. The van der Waals surface area contributed by atoms with Crippen molar-refractivity contribution in [3.05, 3.63) is 59.7 Å².